The van der Waals surface area contributed by atoms with Gasteiger partial charge in [0.2, 0.25) is 0 Å². The van der Waals surface area contributed by atoms with Gasteiger partial charge < -0.3 is 4.90 Å². The summed E-state index contributed by atoms with van der Waals surface area (Å²) in [5.41, 5.74) is 7.69. The smallest absolute Gasteiger partial charge is 0.0658 e. The van der Waals surface area contributed by atoms with E-state index in [0.717, 1.165) is 13.0 Å². The van der Waals surface area contributed by atoms with E-state index in [2.05, 4.69) is 62.9 Å². The minimum Gasteiger partial charge on any atom is -0.357 e. The Morgan fingerprint density at radius 2 is 1.54 bits per heavy atom. The summed E-state index contributed by atoms with van der Waals surface area (Å²) in [5.74, 6) is 0. The highest BCUT2D eigenvalue weighted by Gasteiger charge is 2.45. The summed E-state index contributed by atoms with van der Waals surface area (Å²) >= 11 is 0. The second kappa shape index (κ2) is 9.11. The molecule has 0 atom stereocenters. The van der Waals surface area contributed by atoms with E-state index in [1.807, 2.05) is 27.7 Å². The van der Waals surface area contributed by atoms with Crippen LogP contribution in [0.25, 0.3) is 5.70 Å². The van der Waals surface area contributed by atoms with Crippen molar-refractivity contribution in [3.8, 4) is 0 Å². The molecule has 1 aromatic rings. The van der Waals surface area contributed by atoms with Crippen LogP contribution in [0.3, 0.4) is 0 Å². The molecule has 0 N–H and O–H groups in total. The van der Waals surface area contributed by atoms with Crippen molar-refractivity contribution in [2.24, 2.45) is 0 Å². The van der Waals surface area contributed by atoms with Gasteiger partial charge in [-0.2, -0.15) is 0 Å². The maximum atomic E-state index is 2.66. The summed E-state index contributed by atoms with van der Waals surface area (Å²) in [6, 6.07) is 9.01. The lowest BCUT2D eigenvalue weighted by Crippen LogP contribution is -2.41. The number of hydrogen-bond donors (Lipinski definition) is 0. The zero-order valence-electron chi connectivity index (χ0n) is 17.2. The summed E-state index contributed by atoms with van der Waals surface area (Å²) in [6.45, 7) is 18.3. The lowest BCUT2D eigenvalue weighted by atomic mass is 9.84. The molecule has 0 saturated heterocycles. The molecule has 24 heavy (non-hydrogen) atoms. The standard InChI is InChI=1S/C19H25N.2C2H6/c1-5-15-12-18-16-10-8-9-11-17(16)19(6-2,7-3)20(18)13-14(15)4;2*1-2/h8-12H,5-7,13H2,1-4H3;2*1-2H3. The summed E-state index contributed by atoms with van der Waals surface area (Å²) < 4.78 is 0. The Balaban J connectivity index is 0.000000671. The van der Waals surface area contributed by atoms with Gasteiger partial charge in [0.05, 0.1) is 5.54 Å². The van der Waals surface area contributed by atoms with Crippen molar-refractivity contribution in [3.05, 3.63) is 52.6 Å². The molecule has 1 aromatic carbocycles. The topological polar surface area (TPSA) is 3.24 Å². The van der Waals surface area contributed by atoms with Gasteiger partial charge in [-0.1, -0.05) is 78.3 Å². The van der Waals surface area contributed by atoms with Gasteiger partial charge in [-0.05, 0) is 43.4 Å². The van der Waals surface area contributed by atoms with Crippen LogP contribution in [-0.2, 0) is 5.54 Å². The molecule has 2 heterocycles. The zero-order chi connectivity index (χ0) is 18.3. The van der Waals surface area contributed by atoms with Gasteiger partial charge in [0.1, 0.15) is 0 Å². The minimum atomic E-state index is 0.197. The molecule has 0 radical (unpaired) electrons. The van der Waals surface area contributed by atoms with Crippen molar-refractivity contribution < 1.29 is 0 Å². The summed E-state index contributed by atoms with van der Waals surface area (Å²) in [4.78, 5) is 2.66. The number of benzene rings is 1. The first kappa shape index (κ1) is 20.5. The van der Waals surface area contributed by atoms with Crippen molar-refractivity contribution in [2.45, 2.75) is 80.2 Å². The monoisotopic (exact) mass is 327 g/mol. The molecule has 2 aliphatic heterocycles. The highest BCUT2D eigenvalue weighted by atomic mass is 15.2. The number of rotatable bonds is 3. The molecule has 0 spiro atoms. The maximum absolute atomic E-state index is 2.66. The molecule has 0 unspecified atom stereocenters. The van der Waals surface area contributed by atoms with Crippen LogP contribution in [0.15, 0.2) is 41.5 Å². The van der Waals surface area contributed by atoms with Crippen molar-refractivity contribution in [1.29, 1.82) is 0 Å². The Morgan fingerprint density at radius 3 is 2.08 bits per heavy atom. The van der Waals surface area contributed by atoms with E-state index in [0.29, 0.717) is 0 Å². The van der Waals surface area contributed by atoms with Crippen LogP contribution in [0.1, 0.15) is 85.8 Å². The van der Waals surface area contributed by atoms with Gasteiger partial charge in [0, 0.05) is 17.8 Å². The summed E-state index contributed by atoms with van der Waals surface area (Å²) in [5, 5.41) is 0. The number of hydrogen-bond acceptors (Lipinski definition) is 1. The first-order valence-corrected chi connectivity index (χ1v) is 9.95. The Hall–Kier alpha value is -1.50. The van der Waals surface area contributed by atoms with Gasteiger partial charge in [-0.3, -0.25) is 0 Å². The van der Waals surface area contributed by atoms with Gasteiger partial charge in [0.15, 0.2) is 0 Å². The van der Waals surface area contributed by atoms with Crippen molar-refractivity contribution in [2.75, 3.05) is 6.54 Å². The summed E-state index contributed by atoms with van der Waals surface area (Å²) in [7, 11) is 0. The molecule has 0 bridgehead atoms. The molecule has 1 nitrogen and oxygen atoms in total. The van der Waals surface area contributed by atoms with E-state index in [9.17, 15) is 0 Å². The first-order valence-electron chi connectivity index (χ1n) is 9.95. The molecular weight excluding hydrogens is 290 g/mol. The largest absolute Gasteiger partial charge is 0.357 e. The molecule has 3 rings (SSSR count). The van der Waals surface area contributed by atoms with E-state index < -0.39 is 0 Å². The average molecular weight is 328 g/mol. The lowest BCUT2D eigenvalue weighted by Gasteiger charge is -2.42. The lowest BCUT2D eigenvalue weighted by molar-refractivity contribution is 0.169. The quantitative estimate of drug-likeness (QED) is 0.569. The molecule has 1 heteroatoms. The molecule has 0 fully saturated rings. The second-order valence-corrected chi connectivity index (χ2v) is 6.06. The zero-order valence-corrected chi connectivity index (χ0v) is 17.2. The number of fused-ring (bicyclic) bond motifs is 3. The SMILES string of the molecule is CC.CC.CCC1=C(C)CN2C(=C1)c1ccccc1C2(CC)CC. The fourth-order valence-electron chi connectivity index (χ4n) is 4.07. The maximum Gasteiger partial charge on any atom is 0.0658 e. The molecule has 0 aromatic heterocycles. The van der Waals surface area contributed by atoms with Crippen LogP contribution in [-0.4, -0.2) is 11.4 Å². The fourth-order valence-corrected chi connectivity index (χ4v) is 4.07. The molecule has 2 aliphatic rings. The van der Waals surface area contributed by atoms with E-state index in [1.54, 1.807) is 0 Å². The molecule has 0 saturated carbocycles. The Kier molecular flexibility index (Phi) is 7.79. The predicted molar refractivity (Wildman–Crippen MR) is 109 cm³/mol. The molecule has 134 valence electrons. The third-order valence-corrected chi connectivity index (χ3v) is 5.32. The molecule has 0 aliphatic carbocycles. The van der Waals surface area contributed by atoms with E-state index >= 15 is 0 Å². The average Bonchev–Trinajstić information content (AvgIpc) is 2.93. The first-order chi connectivity index (χ1) is 11.7. The molecule has 0 amide bonds. The van der Waals surface area contributed by atoms with Gasteiger partial charge in [-0.25, -0.2) is 0 Å². The van der Waals surface area contributed by atoms with E-state index in [-0.39, 0.29) is 5.54 Å². The molecular formula is C23H37N. The van der Waals surface area contributed by atoms with E-state index in [4.69, 9.17) is 0 Å². The third-order valence-electron chi connectivity index (χ3n) is 5.32. The van der Waals surface area contributed by atoms with Crippen LogP contribution >= 0.6 is 0 Å². The Labute approximate surface area is 150 Å². The van der Waals surface area contributed by atoms with E-state index in [1.165, 1.54) is 40.8 Å². The van der Waals surface area contributed by atoms with Gasteiger partial charge in [0.25, 0.3) is 0 Å². The Bertz CT molecular complexity index is 588. The van der Waals surface area contributed by atoms with Crippen molar-refractivity contribution in [3.63, 3.8) is 0 Å². The predicted octanol–water partition coefficient (Wildman–Crippen LogP) is 7.15. The van der Waals surface area contributed by atoms with Crippen LogP contribution in [0.2, 0.25) is 0 Å². The Morgan fingerprint density at radius 1 is 0.958 bits per heavy atom. The third kappa shape index (κ3) is 3.18. The van der Waals surface area contributed by atoms with Crippen LogP contribution in [0, 0.1) is 0 Å². The van der Waals surface area contributed by atoms with Gasteiger partial charge >= 0.3 is 0 Å². The minimum absolute atomic E-state index is 0.197. The van der Waals surface area contributed by atoms with Crippen LogP contribution < -0.4 is 0 Å². The van der Waals surface area contributed by atoms with Crippen LogP contribution in [0.4, 0.5) is 0 Å². The number of nitrogens with zero attached hydrogens (tertiary/aromatic N) is 1. The highest BCUT2D eigenvalue weighted by molar-refractivity contribution is 5.77. The number of allylic oxidation sites excluding steroid dienone is 2. The normalized spacial score (nSPS) is 17.0. The second-order valence-electron chi connectivity index (χ2n) is 6.06. The van der Waals surface area contributed by atoms with Gasteiger partial charge in [-0.15, -0.1) is 0 Å². The highest BCUT2D eigenvalue weighted by Crippen LogP contribution is 2.51. The fraction of sp³-hybridized carbons (Fsp3) is 0.565. The van der Waals surface area contributed by atoms with Crippen molar-refractivity contribution >= 4 is 5.70 Å². The van der Waals surface area contributed by atoms with Crippen molar-refractivity contribution in [1.82, 2.24) is 4.90 Å². The van der Waals surface area contributed by atoms with Crippen LogP contribution in [0.5, 0.6) is 0 Å². The summed E-state index contributed by atoms with van der Waals surface area (Å²) in [6.07, 6.45) is 5.92.